The van der Waals surface area contributed by atoms with Crippen molar-refractivity contribution in [3.63, 3.8) is 0 Å². The number of methoxy groups -OCH3 is 1. The molecule has 0 amide bonds. The van der Waals surface area contributed by atoms with Crippen molar-refractivity contribution < 1.29 is 9.47 Å². The maximum absolute atomic E-state index is 5.58. The minimum Gasteiger partial charge on any atom is -0.491 e. The van der Waals surface area contributed by atoms with Crippen molar-refractivity contribution in [1.82, 2.24) is 9.97 Å². The van der Waals surface area contributed by atoms with Crippen molar-refractivity contribution >= 4 is 5.69 Å². The molecule has 5 heteroatoms. The van der Waals surface area contributed by atoms with Crippen LogP contribution in [0.5, 0.6) is 5.75 Å². The van der Waals surface area contributed by atoms with Crippen LogP contribution in [0.3, 0.4) is 0 Å². The van der Waals surface area contributed by atoms with E-state index in [2.05, 4.69) is 15.3 Å². The molecule has 0 aliphatic carbocycles. The zero-order chi connectivity index (χ0) is 14.2. The zero-order valence-electron chi connectivity index (χ0n) is 11.7. The van der Waals surface area contributed by atoms with Crippen molar-refractivity contribution in [2.24, 2.45) is 0 Å². The Morgan fingerprint density at radius 2 is 2.15 bits per heavy atom. The maximum atomic E-state index is 5.58. The number of nitrogens with one attached hydrogen (secondary N) is 1. The summed E-state index contributed by atoms with van der Waals surface area (Å²) in [4.78, 5) is 8.36. The van der Waals surface area contributed by atoms with Gasteiger partial charge in [-0.15, -0.1) is 0 Å². The van der Waals surface area contributed by atoms with Crippen molar-refractivity contribution in [2.75, 3.05) is 25.6 Å². The molecule has 1 aromatic heterocycles. The molecule has 0 saturated heterocycles. The standard InChI is InChI=1S/C15H19N3O2/c1-12(15-11-16-6-7-17-15)18-13-4-3-5-14(10-13)20-9-8-19-2/h3-7,10-12,18H,8-9H2,1-2H3. The van der Waals surface area contributed by atoms with E-state index in [1.54, 1.807) is 25.7 Å². The number of nitrogens with zero attached hydrogens (tertiary/aromatic N) is 2. The second-order valence-electron chi connectivity index (χ2n) is 4.37. The molecule has 5 nitrogen and oxygen atoms in total. The Bertz CT molecular complexity index is 520. The predicted octanol–water partition coefficient (Wildman–Crippen LogP) is 2.67. The summed E-state index contributed by atoms with van der Waals surface area (Å²) in [5.74, 6) is 0.818. The van der Waals surface area contributed by atoms with Crippen LogP contribution in [-0.4, -0.2) is 30.3 Å². The number of anilines is 1. The molecule has 0 fully saturated rings. The average Bonchev–Trinajstić information content (AvgIpc) is 2.49. The molecule has 20 heavy (non-hydrogen) atoms. The van der Waals surface area contributed by atoms with E-state index < -0.39 is 0 Å². The lowest BCUT2D eigenvalue weighted by Gasteiger charge is -2.15. The Morgan fingerprint density at radius 1 is 1.25 bits per heavy atom. The van der Waals surface area contributed by atoms with Crippen molar-refractivity contribution in [2.45, 2.75) is 13.0 Å². The predicted molar refractivity (Wildman–Crippen MR) is 77.9 cm³/mol. The summed E-state index contributed by atoms with van der Waals surface area (Å²) in [7, 11) is 1.66. The number of benzene rings is 1. The Kier molecular flexibility index (Phi) is 5.32. The Morgan fingerprint density at radius 3 is 2.90 bits per heavy atom. The number of rotatable bonds is 7. The lowest BCUT2D eigenvalue weighted by molar-refractivity contribution is 0.146. The molecule has 1 aromatic carbocycles. The molecule has 106 valence electrons. The first-order valence-electron chi connectivity index (χ1n) is 6.54. The van der Waals surface area contributed by atoms with Crippen molar-refractivity contribution in [3.05, 3.63) is 48.5 Å². The quantitative estimate of drug-likeness (QED) is 0.786. The monoisotopic (exact) mass is 273 g/mol. The number of hydrogen-bond acceptors (Lipinski definition) is 5. The molecule has 0 spiro atoms. The normalized spacial score (nSPS) is 11.9. The van der Waals surface area contributed by atoms with Crippen molar-refractivity contribution in [3.8, 4) is 5.75 Å². The summed E-state index contributed by atoms with van der Waals surface area (Å²) < 4.78 is 10.5. The number of aromatic nitrogens is 2. The molecular weight excluding hydrogens is 254 g/mol. The Hall–Kier alpha value is -2.14. The van der Waals surface area contributed by atoms with Gasteiger partial charge in [-0.3, -0.25) is 9.97 Å². The third kappa shape index (κ3) is 4.20. The van der Waals surface area contributed by atoms with E-state index >= 15 is 0 Å². The second-order valence-corrected chi connectivity index (χ2v) is 4.37. The average molecular weight is 273 g/mol. The highest BCUT2D eigenvalue weighted by Crippen LogP contribution is 2.21. The van der Waals surface area contributed by atoms with Crippen LogP contribution in [-0.2, 0) is 4.74 Å². The van der Waals surface area contributed by atoms with E-state index in [1.165, 1.54) is 0 Å². The summed E-state index contributed by atoms with van der Waals surface area (Å²) in [6.07, 6.45) is 5.12. The zero-order valence-corrected chi connectivity index (χ0v) is 11.7. The molecule has 1 unspecified atom stereocenters. The first-order valence-corrected chi connectivity index (χ1v) is 6.54. The summed E-state index contributed by atoms with van der Waals surface area (Å²) in [5.41, 5.74) is 1.89. The Balaban J connectivity index is 1.97. The molecule has 2 aromatic rings. The van der Waals surface area contributed by atoms with E-state index in [0.29, 0.717) is 13.2 Å². The fourth-order valence-electron chi connectivity index (χ4n) is 1.78. The molecule has 1 N–H and O–H groups in total. The van der Waals surface area contributed by atoms with E-state index in [9.17, 15) is 0 Å². The van der Waals surface area contributed by atoms with Gasteiger partial charge in [-0.1, -0.05) is 6.07 Å². The molecule has 0 bridgehead atoms. The Labute approximate surface area is 119 Å². The van der Waals surface area contributed by atoms with Gasteiger partial charge < -0.3 is 14.8 Å². The van der Waals surface area contributed by atoms with E-state index in [-0.39, 0.29) is 6.04 Å². The van der Waals surface area contributed by atoms with Gasteiger partial charge in [-0.25, -0.2) is 0 Å². The fourth-order valence-corrected chi connectivity index (χ4v) is 1.78. The molecule has 0 aliphatic rings. The third-order valence-electron chi connectivity index (χ3n) is 2.80. The molecule has 0 saturated carbocycles. The highest BCUT2D eigenvalue weighted by molar-refractivity contribution is 5.49. The summed E-state index contributed by atoms with van der Waals surface area (Å²) in [6.45, 7) is 3.16. The van der Waals surface area contributed by atoms with Crippen LogP contribution < -0.4 is 10.1 Å². The van der Waals surface area contributed by atoms with Gasteiger partial charge in [0, 0.05) is 31.3 Å². The van der Waals surface area contributed by atoms with Crippen LogP contribution in [0.1, 0.15) is 18.7 Å². The first-order chi connectivity index (χ1) is 9.79. The lowest BCUT2D eigenvalue weighted by Crippen LogP contribution is -2.09. The van der Waals surface area contributed by atoms with Gasteiger partial charge in [0.2, 0.25) is 0 Å². The third-order valence-corrected chi connectivity index (χ3v) is 2.80. The van der Waals surface area contributed by atoms with Crippen LogP contribution in [0.2, 0.25) is 0 Å². The van der Waals surface area contributed by atoms with Gasteiger partial charge in [0.25, 0.3) is 0 Å². The van der Waals surface area contributed by atoms with Crippen LogP contribution in [0.25, 0.3) is 0 Å². The van der Waals surface area contributed by atoms with Gasteiger partial charge in [-0.05, 0) is 19.1 Å². The van der Waals surface area contributed by atoms with Crippen LogP contribution >= 0.6 is 0 Å². The largest absolute Gasteiger partial charge is 0.491 e. The second kappa shape index (κ2) is 7.45. The molecule has 0 radical (unpaired) electrons. The molecule has 0 aliphatic heterocycles. The van der Waals surface area contributed by atoms with E-state index in [1.807, 2.05) is 31.2 Å². The molecule has 1 atom stereocenters. The highest BCUT2D eigenvalue weighted by Gasteiger charge is 2.07. The number of hydrogen-bond donors (Lipinski definition) is 1. The maximum Gasteiger partial charge on any atom is 0.121 e. The van der Waals surface area contributed by atoms with Gasteiger partial charge in [0.15, 0.2) is 0 Å². The summed E-state index contributed by atoms with van der Waals surface area (Å²) >= 11 is 0. The highest BCUT2D eigenvalue weighted by atomic mass is 16.5. The SMILES string of the molecule is COCCOc1cccc(NC(C)c2cnccn2)c1. The van der Waals surface area contributed by atoms with Crippen LogP contribution in [0, 0.1) is 0 Å². The van der Waals surface area contributed by atoms with Gasteiger partial charge in [-0.2, -0.15) is 0 Å². The smallest absolute Gasteiger partial charge is 0.121 e. The minimum absolute atomic E-state index is 0.0814. The van der Waals surface area contributed by atoms with Gasteiger partial charge >= 0.3 is 0 Å². The summed E-state index contributed by atoms with van der Waals surface area (Å²) in [5, 5.41) is 3.38. The van der Waals surface area contributed by atoms with Crippen molar-refractivity contribution in [1.29, 1.82) is 0 Å². The van der Waals surface area contributed by atoms with E-state index in [0.717, 1.165) is 17.1 Å². The summed E-state index contributed by atoms with van der Waals surface area (Å²) in [6, 6.07) is 7.92. The van der Waals surface area contributed by atoms with Gasteiger partial charge in [0.05, 0.1) is 24.5 Å². The molecule has 1 heterocycles. The minimum atomic E-state index is 0.0814. The molecule has 2 rings (SSSR count). The molecular formula is C15H19N3O2. The van der Waals surface area contributed by atoms with Gasteiger partial charge in [0.1, 0.15) is 12.4 Å². The fraction of sp³-hybridized carbons (Fsp3) is 0.333. The van der Waals surface area contributed by atoms with Crippen LogP contribution in [0.15, 0.2) is 42.9 Å². The topological polar surface area (TPSA) is 56.3 Å². The lowest BCUT2D eigenvalue weighted by atomic mass is 10.2. The number of ether oxygens (including phenoxy) is 2. The first kappa shape index (κ1) is 14.3. The van der Waals surface area contributed by atoms with E-state index in [4.69, 9.17) is 9.47 Å². The van der Waals surface area contributed by atoms with Crippen LogP contribution in [0.4, 0.5) is 5.69 Å².